The van der Waals surface area contributed by atoms with Crippen molar-refractivity contribution in [2.45, 2.75) is 20.3 Å². The van der Waals surface area contributed by atoms with Crippen LogP contribution in [0.4, 0.5) is 17.3 Å². The molecule has 0 amide bonds. The van der Waals surface area contributed by atoms with E-state index in [1.54, 1.807) is 17.2 Å². The molecular formula is C12H18N6. The maximum Gasteiger partial charge on any atom is 0.139 e. The first-order valence-corrected chi connectivity index (χ1v) is 6.08. The largest absolute Gasteiger partial charge is 0.370 e. The van der Waals surface area contributed by atoms with E-state index < -0.39 is 0 Å². The zero-order valence-corrected chi connectivity index (χ0v) is 10.9. The van der Waals surface area contributed by atoms with Crippen LogP contribution in [0.3, 0.4) is 0 Å². The van der Waals surface area contributed by atoms with E-state index in [0.29, 0.717) is 0 Å². The summed E-state index contributed by atoms with van der Waals surface area (Å²) in [5, 5.41) is 10.6. The molecule has 2 heterocycles. The number of anilines is 3. The topological polar surface area (TPSA) is 67.7 Å². The van der Waals surface area contributed by atoms with Crippen molar-refractivity contribution in [3.63, 3.8) is 0 Å². The fraction of sp³-hybridized carbons (Fsp3) is 0.417. The van der Waals surface area contributed by atoms with Crippen molar-refractivity contribution in [2.75, 3.05) is 17.2 Å². The zero-order chi connectivity index (χ0) is 13.0. The third-order valence-corrected chi connectivity index (χ3v) is 2.61. The Morgan fingerprint density at radius 3 is 2.61 bits per heavy atom. The maximum absolute atomic E-state index is 4.30. The molecule has 18 heavy (non-hydrogen) atoms. The summed E-state index contributed by atoms with van der Waals surface area (Å²) in [7, 11) is 1.88. The van der Waals surface area contributed by atoms with E-state index in [2.05, 4.69) is 39.5 Å². The minimum atomic E-state index is 0.830. The van der Waals surface area contributed by atoms with Crippen LogP contribution in [-0.4, -0.2) is 26.3 Å². The summed E-state index contributed by atoms with van der Waals surface area (Å²) in [5.41, 5.74) is 2.01. The van der Waals surface area contributed by atoms with Gasteiger partial charge in [-0.05, 0) is 13.3 Å². The summed E-state index contributed by atoms with van der Waals surface area (Å²) in [5.74, 6) is 1.72. The first kappa shape index (κ1) is 12.3. The average Bonchev–Trinajstić information content (AvgIpc) is 2.76. The molecule has 2 N–H and O–H groups in total. The van der Waals surface area contributed by atoms with Gasteiger partial charge in [0.2, 0.25) is 0 Å². The van der Waals surface area contributed by atoms with Gasteiger partial charge >= 0.3 is 0 Å². The SMILES string of the molecule is CCNc1ncnc(Nc2cnn(C)c2)c1CC. The lowest BCUT2D eigenvalue weighted by Crippen LogP contribution is -2.07. The molecular weight excluding hydrogens is 228 g/mol. The molecule has 0 unspecified atom stereocenters. The quantitative estimate of drug-likeness (QED) is 0.844. The fourth-order valence-electron chi connectivity index (χ4n) is 1.80. The lowest BCUT2D eigenvalue weighted by molar-refractivity contribution is 0.768. The number of rotatable bonds is 5. The molecule has 6 heteroatoms. The number of hydrogen-bond acceptors (Lipinski definition) is 5. The highest BCUT2D eigenvalue weighted by Crippen LogP contribution is 2.23. The molecule has 0 radical (unpaired) electrons. The number of hydrogen-bond donors (Lipinski definition) is 2. The minimum absolute atomic E-state index is 0.830. The highest BCUT2D eigenvalue weighted by atomic mass is 15.3. The van der Waals surface area contributed by atoms with Crippen molar-refractivity contribution in [3.8, 4) is 0 Å². The molecule has 0 bridgehead atoms. The molecule has 0 aliphatic heterocycles. The van der Waals surface area contributed by atoms with Gasteiger partial charge in [0.05, 0.1) is 11.9 Å². The van der Waals surface area contributed by atoms with Crippen LogP contribution >= 0.6 is 0 Å². The predicted octanol–water partition coefficient (Wildman–Crippen LogP) is 1.95. The Balaban J connectivity index is 2.29. The van der Waals surface area contributed by atoms with Gasteiger partial charge in [-0.1, -0.05) is 6.92 Å². The van der Waals surface area contributed by atoms with E-state index in [-0.39, 0.29) is 0 Å². The van der Waals surface area contributed by atoms with Gasteiger partial charge in [-0.3, -0.25) is 4.68 Å². The Morgan fingerprint density at radius 2 is 2.00 bits per heavy atom. The van der Waals surface area contributed by atoms with Crippen LogP contribution in [-0.2, 0) is 13.5 Å². The Hall–Kier alpha value is -2.11. The molecule has 6 nitrogen and oxygen atoms in total. The predicted molar refractivity (Wildman–Crippen MR) is 72.1 cm³/mol. The van der Waals surface area contributed by atoms with Crippen molar-refractivity contribution >= 4 is 17.3 Å². The number of nitrogens with zero attached hydrogens (tertiary/aromatic N) is 4. The monoisotopic (exact) mass is 246 g/mol. The Morgan fingerprint density at radius 1 is 1.22 bits per heavy atom. The first-order valence-electron chi connectivity index (χ1n) is 6.08. The Kier molecular flexibility index (Phi) is 3.76. The summed E-state index contributed by atoms with van der Waals surface area (Å²) in [6, 6.07) is 0. The lowest BCUT2D eigenvalue weighted by Gasteiger charge is -2.12. The molecule has 0 aliphatic rings. The summed E-state index contributed by atoms with van der Waals surface area (Å²) in [6.07, 6.45) is 6.12. The average molecular weight is 246 g/mol. The van der Waals surface area contributed by atoms with Crippen LogP contribution in [0.1, 0.15) is 19.4 Å². The Labute approximate surface area is 106 Å². The maximum atomic E-state index is 4.30. The fourth-order valence-corrected chi connectivity index (χ4v) is 1.80. The lowest BCUT2D eigenvalue weighted by atomic mass is 10.2. The van der Waals surface area contributed by atoms with Crippen molar-refractivity contribution < 1.29 is 0 Å². The van der Waals surface area contributed by atoms with Crippen molar-refractivity contribution in [1.82, 2.24) is 19.7 Å². The van der Waals surface area contributed by atoms with E-state index in [4.69, 9.17) is 0 Å². The molecule has 0 aliphatic carbocycles. The highest BCUT2D eigenvalue weighted by Gasteiger charge is 2.09. The van der Waals surface area contributed by atoms with Crippen molar-refractivity contribution in [2.24, 2.45) is 7.05 Å². The first-order chi connectivity index (χ1) is 8.74. The van der Waals surface area contributed by atoms with Gasteiger partial charge in [-0.2, -0.15) is 5.10 Å². The minimum Gasteiger partial charge on any atom is -0.370 e. The number of nitrogens with one attached hydrogen (secondary N) is 2. The summed E-state index contributed by atoms with van der Waals surface area (Å²) >= 11 is 0. The standard InChI is InChI=1S/C12H18N6/c1-4-10-11(13-5-2)14-8-15-12(10)17-9-6-16-18(3)7-9/h6-8H,4-5H2,1-3H3,(H2,13,14,15,17). The molecule has 0 aromatic carbocycles. The highest BCUT2D eigenvalue weighted by molar-refractivity contribution is 5.63. The Bertz CT molecular complexity index is 519. The van der Waals surface area contributed by atoms with Crippen LogP contribution in [0.25, 0.3) is 0 Å². The molecule has 0 spiro atoms. The van der Waals surface area contributed by atoms with Crippen LogP contribution in [0.15, 0.2) is 18.7 Å². The smallest absolute Gasteiger partial charge is 0.139 e. The summed E-state index contributed by atoms with van der Waals surface area (Å²) in [4.78, 5) is 8.56. The molecule has 0 saturated heterocycles. The van der Waals surface area contributed by atoms with E-state index in [9.17, 15) is 0 Å². The molecule has 0 atom stereocenters. The van der Waals surface area contributed by atoms with Gasteiger partial charge in [0.25, 0.3) is 0 Å². The molecule has 0 fully saturated rings. The normalized spacial score (nSPS) is 10.4. The molecule has 2 aromatic rings. The van der Waals surface area contributed by atoms with Crippen molar-refractivity contribution in [1.29, 1.82) is 0 Å². The number of aryl methyl sites for hydroxylation is 1. The van der Waals surface area contributed by atoms with Crippen LogP contribution in [0.5, 0.6) is 0 Å². The van der Waals surface area contributed by atoms with E-state index in [1.807, 2.05) is 13.2 Å². The van der Waals surface area contributed by atoms with E-state index in [0.717, 1.165) is 35.9 Å². The van der Waals surface area contributed by atoms with Gasteiger partial charge in [0.1, 0.15) is 18.0 Å². The van der Waals surface area contributed by atoms with Gasteiger partial charge in [0.15, 0.2) is 0 Å². The number of aromatic nitrogens is 4. The van der Waals surface area contributed by atoms with Gasteiger partial charge in [-0.15, -0.1) is 0 Å². The van der Waals surface area contributed by atoms with Gasteiger partial charge < -0.3 is 10.6 Å². The van der Waals surface area contributed by atoms with Crippen LogP contribution < -0.4 is 10.6 Å². The van der Waals surface area contributed by atoms with Crippen LogP contribution in [0.2, 0.25) is 0 Å². The molecule has 2 rings (SSSR count). The second-order valence-electron chi connectivity index (χ2n) is 3.96. The van der Waals surface area contributed by atoms with E-state index >= 15 is 0 Å². The molecule has 2 aromatic heterocycles. The third kappa shape index (κ3) is 2.58. The summed E-state index contributed by atoms with van der Waals surface area (Å²) < 4.78 is 1.75. The van der Waals surface area contributed by atoms with Gasteiger partial charge in [-0.25, -0.2) is 9.97 Å². The second kappa shape index (κ2) is 5.48. The summed E-state index contributed by atoms with van der Waals surface area (Å²) in [6.45, 7) is 4.99. The zero-order valence-electron chi connectivity index (χ0n) is 10.9. The van der Waals surface area contributed by atoms with Crippen molar-refractivity contribution in [3.05, 3.63) is 24.3 Å². The van der Waals surface area contributed by atoms with E-state index in [1.165, 1.54) is 0 Å². The van der Waals surface area contributed by atoms with Gasteiger partial charge in [0, 0.05) is 25.4 Å². The van der Waals surface area contributed by atoms with Crippen LogP contribution in [0, 0.1) is 0 Å². The third-order valence-electron chi connectivity index (χ3n) is 2.61. The molecule has 0 saturated carbocycles. The molecule has 96 valence electrons. The second-order valence-corrected chi connectivity index (χ2v) is 3.96.